The van der Waals surface area contributed by atoms with Crippen molar-refractivity contribution in [2.45, 2.75) is 39.2 Å². The Labute approximate surface area is 232 Å². The first kappa shape index (κ1) is 25.9. The van der Waals surface area contributed by atoms with Crippen molar-refractivity contribution >= 4 is 39.9 Å². The first-order chi connectivity index (χ1) is 19.3. The molecule has 5 aromatic rings. The molecule has 1 aliphatic heterocycles. The molecule has 1 aliphatic rings. The molecule has 0 saturated carbocycles. The summed E-state index contributed by atoms with van der Waals surface area (Å²) in [5, 5.41) is 7.46. The molecule has 11 heteroatoms. The number of amides is 2. The fraction of sp³-hybridized carbons (Fsp3) is 0.241. The van der Waals surface area contributed by atoms with E-state index in [4.69, 9.17) is 9.51 Å². The van der Waals surface area contributed by atoms with Crippen molar-refractivity contribution in [3.8, 4) is 16.1 Å². The molecule has 1 saturated heterocycles. The zero-order valence-corrected chi connectivity index (χ0v) is 22.8. The van der Waals surface area contributed by atoms with Crippen molar-refractivity contribution in [3.63, 3.8) is 0 Å². The van der Waals surface area contributed by atoms with Gasteiger partial charge in [-0.25, -0.2) is 13.8 Å². The van der Waals surface area contributed by atoms with Crippen LogP contribution in [0.5, 0.6) is 0 Å². The Morgan fingerprint density at radius 2 is 1.93 bits per heavy atom. The van der Waals surface area contributed by atoms with Crippen LogP contribution in [-0.2, 0) is 4.79 Å². The fourth-order valence-corrected chi connectivity index (χ4v) is 6.35. The van der Waals surface area contributed by atoms with Gasteiger partial charge in [0.05, 0.1) is 27.6 Å². The molecule has 2 aromatic carbocycles. The van der Waals surface area contributed by atoms with Gasteiger partial charge in [0, 0.05) is 30.8 Å². The van der Waals surface area contributed by atoms with Crippen molar-refractivity contribution < 1.29 is 22.9 Å². The number of fused-ring (bicyclic) bond motifs is 1. The summed E-state index contributed by atoms with van der Waals surface area (Å²) >= 11 is 1.30. The van der Waals surface area contributed by atoms with E-state index in [-0.39, 0.29) is 23.9 Å². The predicted octanol–water partition coefficient (Wildman–Crippen LogP) is 6.25. The lowest BCUT2D eigenvalue weighted by Gasteiger charge is -2.35. The van der Waals surface area contributed by atoms with Crippen molar-refractivity contribution in [2.24, 2.45) is 0 Å². The molecule has 4 heterocycles. The van der Waals surface area contributed by atoms with Gasteiger partial charge in [-0.1, -0.05) is 11.2 Å². The van der Waals surface area contributed by atoms with Crippen LogP contribution in [0.4, 0.5) is 14.5 Å². The molecular weight excluding hydrogens is 536 g/mol. The van der Waals surface area contributed by atoms with Crippen LogP contribution in [0.15, 0.2) is 53.1 Å². The number of nitrogens with zero attached hydrogens (tertiary/aromatic N) is 4. The molecule has 0 radical (unpaired) electrons. The number of carbonyl (C=O) groups is 2. The molecule has 3 aromatic heterocycles. The smallest absolute Gasteiger partial charge is 0.261 e. The quantitative estimate of drug-likeness (QED) is 0.274. The number of hydrogen-bond donors (Lipinski definition) is 1. The number of benzene rings is 2. The van der Waals surface area contributed by atoms with Crippen LogP contribution in [0.3, 0.4) is 0 Å². The maximum Gasteiger partial charge on any atom is 0.261 e. The molecule has 204 valence electrons. The topological polar surface area (TPSA) is 93.3 Å². The molecule has 8 nitrogen and oxygen atoms in total. The van der Waals surface area contributed by atoms with Gasteiger partial charge in [-0.15, -0.1) is 11.3 Å². The van der Waals surface area contributed by atoms with E-state index in [0.29, 0.717) is 34.8 Å². The summed E-state index contributed by atoms with van der Waals surface area (Å²) in [5.41, 5.74) is 4.24. The summed E-state index contributed by atoms with van der Waals surface area (Å²) in [7, 11) is 1.57. The third kappa shape index (κ3) is 4.26. The molecule has 2 amide bonds. The normalized spacial score (nSPS) is 15.7. The van der Waals surface area contributed by atoms with E-state index in [1.165, 1.54) is 22.3 Å². The molecule has 0 unspecified atom stereocenters. The first-order valence-electron chi connectivity index (χ1n) is 12.8. The van der Waals surface area contributed by atoms with Crippen LogP contribution in [0.1, 0.15) is 52.3 Å². The van der Waals surface area contributed by atoms with Crippen LogP contribution in [0.2, 0.25) is 0 Å². The average Bonchev–Trinajstić information content (AvgIpc) is 3.66. The van der Waals surface area contributed by atoms with Gasteiger partial charge in [-0.2, -0.15) is 0 Å². The SMILES string of the molecule is CNC(=O)c1ccc(-n2c([C@@H]3CCCC(=O)N3c3ccc(F)c(F)c3)nc3cc(-c4c(C)noc4C)ccc32)s1. The van der Waals surface area contributed by atoms with E-state index < -0.39 is 17.7 Å². The number of imidazole rings is 1. The number of rotatable bonds is 5. The highest BCUT2D eigenvalue weighted by molar-refractivity contribution is 7.16. The van der Waals surface area contributed by atoms with E-state index in [1.807, 2.05) is 42.7 Å². The number of anilines is 1. The zero-order chi connectivity index (χ0) is 28.1. The highest BCUT2D eigenvalue weighted by Crippen LogP contribution is 2.40. The van der Waals surface area contributed by atoms with Gasteiger partial charge in [-0.3, -0.25) is 14.2 Å². The maximum atomic E-state index is 14.3. The third-order valence-corrected chi connectivity index (χ3v) is 8.26. The standard InChI is InChI=1S/C29H25F2N5O3S/c1-15-27(16(2)39-34-15)17-7-10-22-21(13-17)33-28(36(22)26-12-11-24(40-26)29(38)32-3)23-5-4-6-25(37)35(23)18-8-9-19(30)20(31)14-18/h7-14,23H,4-6H2,1-3H3,(H,32,38)/t23-/m0/s1. The van der Waals surface area contributed by atoms with Gasteiger partial charge in [-0.05, 0) is 68.7 Å². The van der Waals surface area contributed by atoms with E-state index in [1.54, 1.807) is 13.1 Å². The first-order valence-corrected chi connectivity index (χ1v) is 13.6. The highest BCUT2D eigenvalue weighted by atomic mass is 32.1. The van der Waals surface area contributed by atoms with Crippen LogP contribution < -0.4 is 10.2 Å². The van der Waals surface area contributed by atoms with Gasteiger partial charge in [0.15, 0.2) is 11.6 Å². The van der Waals surface area contributed by atoms with Crippen molar-refractivity contribution in [2.75, 3.05) is 11.9 Å². The largest absolute Gasteiger partial charge is 0.361 e. The van der Waals surface area contributed by atoms with E-state index in [2.05, 4.69) is 10.5 Å². The number of halogens is 2. The van der Waals surface area contributed by atoms with Crippen LogP contribution in [-0.4, -0.2) is 33.6 Å². The minimum atomic E-state index is -1.03. The zero-order valence-electron chi connectivity index (χ0n) is 22.0. The second-order valence-corrected chi connectivity index (χ2v) is 10.8. The predicted molar refractivity (Wildman–Crippen MR) is 148 cm³/mol. The van der Waals surface area contributed by atoms with E-state index in [9.17, 15) is 18.4 Å². The van der Waals surface area contributed by atoms with Gasteiger partial charge >= 0.3 is 0 Å². The monoisotopic (exact) mass is 561 g/mol. The van der Waals surface area contributed by atoms with Crippen molar-refractivity contribution in [3.05, 3.63) is 82.3 Å². The lowest BCUT2D eigenvalue weighted by molar-refractivity contribution is -0.120. The number of carbonyl (C=O) groups excluding carboxylic acids is 2. The number of nitrogens with one attached hydrogen (secondary N) is 1. The number of thiophene rings is 1. The number of aryl methyl sites for hydroxylation is 2. The van der Waals surface area contributed by atoms with Gasteiger partial charge in [0.1, 0.15) is 16.6 Å². The maximum absolute atomic E-state index is 14.3. The summed E-state index contributed by atoms with van der Waals surface area (Å²) in [5.74, 6) is -1.17. The highest BCUT2D eigenvalue weighted by Gasteiger charge is 2.35. The molecule has 0 bridgehead atoms. The number of piperidine rings is 1. The Kier molecular flexibility index (Phi) is 6.46. The van der Waals surface area contributed by atoms with Crippen LogP contribution >= 0.6 is 11.3 Å². The second kappa shape index (κ2) is 9.98. The molecule has 6 rings (SSSR count). The van der Waals surface area contributed by atoms with Gasteiger partial charge in [0.2, 0.25) is 5.91 Å². The summed E-state index contributed by atoms with van der Waals surface area (Å²) in [6.45, 7) is 3.72. The summed E-state index contributed by atoms with van der Waals surface area (Å²) in [4.78, 5) is 32.7. The number of hydrogen-bond acceptors (Lipinski definition) is 6. The van der Waals surface area contributed by atoms with Crippen LogP contribution in [0, 0.1) is 25.5 Å². The Bertz CT molecular complexity index is 1770. The fourth-order valence-electron chi connectivity index (χ4n) is 5.37. The minimum Gasteiger partial charge on any atom is -0.361 e. The Morgan fingerprint density at radius 1 is 1.10 bits per heavy atom. The lowest BCUT2D eigenvalue weighted by Crippen LogP contribution is -2.39. The van der Waals surface area contributed by atoms with Crippen molar-refractivity contribution in [1.29, 1.82) is 0 Å². The molecular formula is C29H25F2N5O3S. The van der Waals surface area contributed by atoms with E-state index >= 15 is 0 Å². The Hall–Kier alpha value is -4.38. The summed E-state index contributed by atoms with van der Waals surface area (Å²) in [6.07, 6.45) is 1.47. The third-order valence-electron chi connectivity index (χ3n) is 7.19. The molecule has 1 N–H and O–H groups in total. The molecule has 40 heavy (non-hydrogen) atoms. The van der Waals surface area contributed by atoms with Gasteiger partial charge in [0.25, 0.3) is 5.91 Å². The Balaban J connectivity index is 1.56. The average molecular weight is 562 g/mol. The molecule has 1 atom stereocenters. The van der Waals surface area contributed by atoms with Crippen molar-refractivity contribution in [1.82, 2.24) is 20.0 Å². The minimum absolute atomic E-state index is 0.200. The molecule has 0 spiro atoms. The molecule has 1 fully saturated rings. The second-order valence-electron chi connectivity index (χ2n) is 9.70. The lowest BCUT2D eigenvalue weighted by atomic mass is 9.99. The van der Waals surface area contributed by atoms with Gasteiger partial charge < -0.3 is 14.7 Å². The summed E-state index contributed by atoms with van der Waals surface area (Å²) < 4.78 is 35.4. The Morgan fingerprint density at radius 3 is 2.65 bits per heavy atom. The molecule has 0 aliphatic carbocycles. The number of aromatic nitrogens is 3. The van der Waals surface area contributed by atoms with E-state index in [0.717, 1.165) is 39.5 Å². The van der Waals surface area contributed by atoms with Crippen LogP contribution in [0.25, 0.3) is 27.2 Å². The summed E-state index contributed by atoms with van der Waals surface area (Å²) in [6, 6.07) is 12.4.